The van der Waals surface area contributed by atoms with Crippen molar-refractivity contribution in [3.63, 3.8) is 0 Å². The molecule has 1 aliphatic rings. The van der Waals surface area contributed by atoms with Crippen LogP contribution in [0.3, 0.4) is 0 Å². The number of hydrogen-bond acceptors (Lipinski definition) is 3. The summed E-state index contributed by atoms with van der Waals surface area (Å²) in [6, 6.07) is 15.7. The second-order valence-corrected chi connectivity index (χ2v) is 6.20. The third kappa shape index (κ3) is 2.57. The average Bonchev–Trinajstić information content (AvgIpc) is 2.77. The summed E-state index contributed by atoms with van der Waals surface area (Å²) in [5.41, 5.74) is 3.82. The van der Waals surface area contributed by atoms with Crippen molar-refractivity contribution in [1.29, 1.82) is 0 Å². The lowest BCUT2D eigenvalue weighted by molar-refractivity contribution is -0.113. The zero-order valence-corrected chi connectivity index (χ0v) is 13.4. The SMILES string of the molecule is C=C1SC(=Nc2ccccc2C)N(c2ccccc2C)C1=O. The molecule has 0 radical (unpaired) electrons. The number of thioether (sulfide) groups is 1. The van der Waals surface area contributed by atoms with Gasteiger partial charge in [0.15, 0.2) is 5.17 Å². The van der Waals surface area contributed by atoms with Crippen molar-refractivity contribution < 1.29 is 4.79 Å². The van der Waals surface area contributed by atoms with Gasteiger partial charge in [0.25, 0.3) is 5.91 Å². The van der Waals surface area contributed by atoms with Crippen LogP contribution in [0.4, 0.5) is 11.4 Å². The first-order chi connectivity index (χ1) is 10.6. The van der Waals surface area contributed by atoms with Crippen molar-refractivity contribution in [3.8, 4) is 0 Å². The molecule has 1 aliphatic heterocycles. The Bertz CT molecular complexity index is 795. The standard InChI is InChI=1S/C18H16N2OS/c1-12-8-4-6-10-15(12)19-18-20(17(21)14(3)22-18)16-11-7-5-9-13(16)2/h4-11H,3H2,1-2H3. The van der Waals surface area contributed by atoms with Crippen molar-refractivity contribution in [3.05, 3.63) is 71.1 Å². The summed E-state index contributed by atoms with van der Waals surface area (Å²) in [5.74, 6) is -0.105. The van der Waals surface area contributed by atoms with Crippen molar-refractivity contribution in [1.82, 2.24) is 0 Å². The second-order valence-electron chi connectivity index (χ2n) is 5.13. The van der Waals surface area contributed by atoms with Crippen molar-refractivity contribution >= 4 is 34.2 Å². The number of benzene rings is 2. The van der Waals surface area contributed by atoms with Gasteiger partial charge in [-0.3, -0.25) is 9.69 Å². The average molecular weight is 308 g/mol. The monoisotopic (exact) mass is 308 g/mol. The quantitative estimate of drug-likeness (QED) is 0.760. The van der Waals surface area contributed by atoms with E-state index in [9.17, 15) is 4.79 Å². The van der Waals surface area contributed by atoms with E-state index in [1.165, 1.54) is 11.8 Å². The van der Waals surface area contributed by atoms with Gasteiger partial charge in [-0.25, -0.2) is 4.99 Å². The lowest BCUT2D eigenvalue weighted by atomic mass is 10.2. The van der Waals surface area contributed by atoms with Gasteiger partial charge in [0.1, 0.15) is 0 Å². The number of hydrogen-bond donors (Lipinski definition) is 0. The predicted octanol–water partition coefficient (Wildman–Crippen LogP) is 4.58. The summed E-state index contributed by atoms with van der Waals surface area (Å²) in [6.45, 7) is 7.84. The lowest BCUT2D eigenvalue weighted by Gasteiger charge is -2.18. The first-order valence-corrected chi connectivity index (χ1v) is 7.81. The number of aliphatic imine (C=N–C) groups is 1. The van der Waals surface area contributed by atoms with E-state index in [-0.39, 0.29) is 5.91 Å². The smallest absolute Gasteiger partial charge is 0.268 e. The number of carbonyl (C=O) groups is 1. The first kappa shape index (κ1) is 14.6. The molecule has 1 heterocycles. The molecule has 4 heteroatoms. The Morgan fingerprint density at radius 2 is 1.64 bits per heavy atom. The minimum Gasteiger partial charge on any atom is -0.268 e. The van der Waals surface area contributed by atoms with Crippen molar-refractivity contribution in [2.75, 3.05) is 4.90 Å². The van der Waals surface area contributed by atoms with E-state index in [1.54, 1.807) is 4.90 Å². The highest BCUT2D eigenvalue weighted by molar-refractivity contribution is 8.19. The minimum atomic E-state index is -0.105. The highest BCUT2D eigenvalue weighted by atomic mass is 32.2. The van der Waals surface area contributed by atoms with E-state index < -0.39 is 0 Å². The van der Waals surface area contributed by atoms with Crippen molar-refractivity contribution in [2.45, 2.75) is 13.8 Å². The number of anilines is 1. The highest BCUT2D eigenvalue weighted by Gasteiger charge is 2.34. The van der Waals surface area contributed by atoms with Gasteiger partial charge in [0, 0.05) is 0 Å². The molecule has 0 spiro atoms. The molecule has 0 unspecified atom stereocenters. The van der Waals surface area contributed by atoms with Gasteiger partial charge in [-0.1, -0.05) is 43.0 Å². The van der Waals surface area contributed by atoms with Gasteiger partial charge < -0.3 is 0 Å². The largest absolute Gasteiger partial charge is 0.270 e. The summed E-state index contributed by atoms with van der Waals surface area (Å²) in [7, 11) is 0. The molecule has 1 fully saturated rings. The normalized spacial score (nSPS) is 16.6. The number of rotatable bonds is 2. The highest BCUT2D eigenvalue weighted by Crippen LogP contribution is 2.36. The Morgan fingerprint density at radius 3 is 2.32 bits per heavy atom. The topological polar surface area (TPSA) is 32.7 Å². The Kier molecular flexibility index (Phi) is 3.86. The Balaban J connectivity index is 2.10. The molecule has 0 atom stereocenters. The number of aryl methyl sites for hydroxylation is 2. The third-order valence-electron chi connectivity index (χ3n) is 3.54. The van der Waals surface area contributed by atoms with Crippen LogP contribution in [0.25, 0.3) is 0 Å². The molecule has 0 saturated carbocycles. The van der Waals surface area contributed by atoms with Gasteiger partial charge >= 0.3 is 0 Å². The summed E-state index contributed by atoms with van der Waals surface area (Å²) < 4.78 is 0. The minimum absolute atomic E-state index is 0.105. The maximum absolute atomic E-state index is 12.5. The number of amidine groups is 1. The van der Waals surface area contributed by atoms with E-state index in [1.807, 2.05) is 62.4 Å². The predicted molar refractivity (Wildman–Crippen MR) is 93.7 cm³/mol. The molecule has 22 heavy (non-hydrogen) atoms. The lowest BCUT2D eigenvalue weighted by Crippen LogP contribution is -2.29. The fourth-order valence-corrected chi connectivity index (χ4v) is 3.12. The summed E-state index contributed by atoms with van der Waals surface area (Å²) >= 11 is 1.32. The van der Waals surface area contributed by atoms with Crippen LogP contribution in [-0.4, -0.2) is 11.1 Å². The van der Waals surface area contributed by atoms with Gasteiger partial charge in [-0.2, -0.15) is 0 Å². The third-order valence-corrected chi connectivity index (χ3v) is 4.41. The van der Waals surface area contributed by atoms with Crippen LogP contribution in [0.5, 0.6) is 0 Å². The molecule has 1 amide bonds. The Labute approximate surface area is 134 Å². The van der Waals surface area contributed by atoms with Crippen molar-refractivity contribution in [2.24, 2.45) is 4.99 Å². The number of amides is 1. The number of carbonyl (C=O) groups excluding carboxylic acids is 1. The molecular formula is C18H16N2OS. The molecule has 0 bridgehead atoms. The molecule has 2 aromatic rings. The van der Waals surface area contributed by atoms with Gasteiger partial charge in [0.2, 0.25) is 0 Å². The molecular weight excluding hydrogens is 292 g/mol. The van der Waals surface area contributed by atoms with Gasteiger partial charge in [-0.15, -0.1) is 0 Å². The molecule has 2 aromatic carbocycles. The van der Waals surface area contributed by atoms with Crippen LogP contribution in [0.15, 0.2) is 65.0 Å². The molecule has 1 saturated heterocycles. The van der Waals surface area contributed by atoms with E-state index in [2.05, 4.69) is 11.6 Å². The van der Waals surface area contributed by atoms with Gasteiger partial charge in [-0.05, 0) is 48.9 Å². The molecule has 110 valence electrons. The Hall–Kier alpha value is -2.33. The van der Waals surface area contributed by atoms with Crippen LogP contribution < -0.4 is 4.90 Å². The van der Waals surface area contributed by atoms with Crippen LogP contribution >= 0.6 is 11.8 Å². The van der Waals surface area contributed by atoms with E-state index in [0.29, 0.717) is 10.1 Å². The van der Waals surface area contributed by atoms with Crippen LogP contribution in [0, 0.1) is 13.8 Å². The van der Waals surface area contributed by atoms with E-state index in [4.69, 9.17) is 0 Å². The van der Waals surface area contributed by atoms with E-state index >= 15 is 0 Å². The number of para-hydroxylation sites is 2. The first-order valence-electron chi connectivity index (χ1n) is 6.99. The van der Waals surface area contributed by atoms with Crippen LogP contribution in [-0.2, 0) is 4.79 Å². The molecule has 0 aliphatic carbocycles. The maximum atomic E-state index is 12.5. The zero-order chi connectivity index (χ0) is 15.7. The van der Waals surface area contributed by atoms with Crippen LogP contribution in [0.1, 0.15) is 11.1 Å². The van der Waals surface area contributed by atoms with Gasteiger partial charge in [0.05, 0.1) is 16.3 Å². The maximum Gasteiger partial charge on any atom is 0.270 e. The summed E-state index contributed by atoms with van der Waals surface area (Å²) in [5, 5.41) is 0.651. The van der Waals surface area contributed by atoms with E-state index in [0.717, 1.165) is 22.5 Å². The molecule has 0 aromatic heterocycles. The second kappa shape index (κ2) is 5.81. The molecule has 0 N–H and O–H groups in total. The number of nitrogens with zero attached hydrogens (tertiary/aromatic N) is 2. The Morgan fingerprint density at radius 1 is 1.00 bits per heavy atom. The molecule has 3 rings (SSSR count). The summed E-state index contributed by atoms with van der Waals surface area (Å²) in [4.78, 5) is 19.3. The molecule has 3 nitrogen and oxygen atoms in total. The fourth-order valence-electron chi connectivity index (χ4n) is 2.30. The zero-order valence-electron chi connectivity index (χ0n) is 12.5. The van der Waals surface area contributed by atoms with Crippen LogP contribution in [0.2, 0.25) is 0 Å². The fraction of sp³-hybridized carbons (Fsp3) is 0.111. The summed E-state index contributed by atoms with van der Waals surface area (Å²) in [6.07, 6.45) is 0.